The van der Waals surface area contributed by atoms with Gasteiger partial charge in [0.2, 0.25) is 0 Å². The summed E-state index contributed by atoms with van der Waals surface area (Å²) in [6.07, 6.45) is 0. The van der Waals surface area contributed by atoms with Crippen LogP contribution in [0.15, 0.2) is 194 Å². The molecule has 14 rings (SSSR count). The smallest absolute Gasteiger partial charge is 0.264 e. The molecule has 0 fully saturated rings. The molecule has 2 aliphatic carbocycles. The Morgan fingerprint density at radius 3 is 1.65 bits per heavy atom. The molecule has 4 aliphatic rings. The van der Waals surface area contributed by atoms with E-state index in [0.29, 0.717) is 5.92 Å². The Hall–Kier alpha value is -7.40. The minimum atomic E-state index is -0.435. The van der Waals surface area contributed by atoms with Crippen molar-refractivity contribution in [3.8, 4) is 33.4 Å². The Balaban J connectivity index is 1.08. The molecule has 0 amide bonds. The van der Waals surface area contributed by atoms with E-state index < -0.39 is 5.41 Å². The molecule has 3 heterocycles. The van der Waals surface area contributed by atoms with Crippen LogP contribution in [0.2, 0.25) is 0 Å². The number of anilines is 6. The molecule has 0 bridgehead atoms. The summed E-state index contributed by atoms with van der Waals surface area (Å²) in [6, 6.07) is 74.7. The van der Waals surface area contributed by atoms with Crippen LogP contribution in [-0.4, -0.2) is 6.71 Å². The monoisotopic (exact) mass is 944 g/mol. The quantitative estimate of drug-likeness (QED) is 0.162. The van der Waals surface area contributed by atoms with E-state index in [9.17, 15) is 0 Å². The van der Waals surface area contributed by atoms with Crippen molar-refractivity contribution in [2.24, 2.45) is 0 Å². The second kappa shape index (κ2) is 15.3. The van der Waals surface area contributed by atoms with E-state index in [-0.39, 0.29) is 17.5 Å². The van der Waals surface area contributed by atoms with Crippen molar-refractivity contribution in [1.29, 1.82) is 0 Å². The van der Waals surface area contributed by atoms with E-state index in [1.54, 1.807) is 0 Å². The van der Waals surface area contributed by atoms with Crippen molar-refractivity contribution in [2.75, 3.05) is 9.80 Å². The van der Waals surface area contributed by atoms with Crippen LogP contribution in [0, 0.1) is 0 Å². The first-order chi connectivity index (χ1) is 34.8. The highest BCUT2D eigenvalue weighted by Crippen LogP contribution is 2.64. The average Bonchev–Trinajstić information content (AvgIpc) is 4.01. The van der Waals surface area contributed by atoms with E-state index in [0.717, 1.165) is 5.69 Å². The molecule has 1 spiro atoms. The van der Waals surface area contributed by atoms with Gasteiger partial charge in [-0.25, -0.2) is 0 Å². The Morgan fingerprint density at radius 1 is 0.472 bits per heavy atom. The van der Waals surface area contributed by atoms with Gasteiger partial charge in [0, 0.05) is 43.3 Å². The molecule has 0 radical (unpaired) electrons. The lowest BCUT2D eigenvalue weighted by molar-refractivity contribution is 0.572. The molecule has 2 nitrogen and oxygen atoms in total. The zero-order chi connectivity index (χ0) is 49.0. The van der Waals surface area contributed by atoms with E-state index in [1.807, 2.05) is 11.3 Å². The lowest BCUT2D eigenvalue weighted by Crippen LogP contribution is -2.60. The summed E-state index contributed by atoms with van der Waals surface area (Å²) in [5.74, 6) is 0.406. The van der Waals surface area contributed by atoms with Gasteiger partial charge < -0.3 is 9.80 Å². The van der Waals surface area contributed by atoms with Crippen molar-refractivity contribution in [2.45, 2.75) is 77.6 Å². The maximum atomic E-state index is 2.62. The Bertz CT molecular complexity index is 3810. The number of benzene rings is 9. The Labute approximate surface area is 429 Å². The number of thiophene rings is 1. The largest absolute Gasteiger partial charge is 0.311 e. The van der Waals surface area contributed by atoms with Gasteiger partial charge in [-0.15, -0.1) is 11.3 Å². The predicted octanol–water partition coefficient (Wildman–Crippen LogP) is 16.7. The molecule has 0 saturated carbocycles. The Kier molecular flexibility index (Phi) is 9.23. The first-order valence-corrected chi connectivity index (χ1v) is 26.7. The van der Waals surface area contributed by atoms with Crippen LogP contribution in [-0.2, 0) is 16.2 Å². The van der Waals surface area contributed by atoms with Gasteiger partial charge in [0.1, 0.15) is 0 Å². The van der Waals surface area contributed by atoms with Crippen LogP contribution >= 0.6 is 11.3 Å². The van der Waals surface area contributed by atoms with Crippen LogP contribution in [0.4, 0.5) is 34.1 Å². The molecule has 0 atom stereocenters. The van der Waals surface area contributed by atoms with Gasteiger partial charge in [-0.1, -0.05) is 195 Å². The second-order valence-corrected chi connectivity index (χ2v) is 24.1. The number of rotatable bonds is 4. The first kappa shape index (κ1) is 43.4. The lowest BCUT2D eigenvalue weighted by atomic mass is 9.36. The lowest BCUT2D eigenvalue weighted by Gasteiger charge is -2.43. The molecular formula is C68H57BN2S. The normalized spacial score (nSPS) is 14.5. The minimum Gasteiger partial charge on any atom is -0.311 e. The maximum Gasteiger partial charge on any atom is 0.264 e. The summed E-state index contributed by atoms with van der Waals surface area (Å²) in [6.45, 7) is 18.8. The summed E-state index contributed by atoms with van der Waals surface area (Å²) < 4.78 is 2.71. The summed E-state index contributed by atoms with van der Waals surface area (Å²) >= 11 is 2.01. The molecule has 1 aromatic heterocycles. The topological polar surface area (TPSA) is 6.48 Å². The van der Waals surface area contributed by atoms with Gasteiger partial charge in [0.15, 0.2) is 0 Å². The summed E-state index contributed by atoms with van der Waals surface area (Å²) in [4.78, 5) is 5.16. The van der Waals surface area contributed by atoms with Gasteiger partial charge in [-0.05, 0) is 155 Å². The van der Waals surface area contributed by atoms with E-state index in [2.05, 4.69) is 259 Å². The standard InChI is InChI=1S/C68H57BN2S/c1-41(2)42-33-35-48-49-39-50-61(40-56(49)68(55(48)37-42)51-27-17-15-25-46(51)47-26-16-18-28-52(47)68)72-65-64(50)71(45-23-13-10-14-24-45)59-32-20-31-58-63(59)69(65)57-36-34-43(38-60(57)70(58)44-21-11-9-12-22-44)62-53(66(3,4)5)29-19-30-54(62)67(6,7)8/h9-41H,1-8H3. The Morgan fingerprint density at radius 2 is 1.03 bits per heavy atom. The van der Waals surface area contributed by atoms with Gasteiger partial charge in [-0.2, -0.15) is 0 Å². The number of para-hydroxylation sites is 2. The first-order valence-electron chi connectivity index (χ1n) is 25.9. The molecule has 348 valence electrons. The molecule has 9 aromatic carbocycles. The van der Waals surface area contributed by atoms with E-state index >= 15 is 0 Å². The van der Waals surface area contributed by atoms with E-state index in [4.69, 9.17) is 0 Å². The highest BCUT2D eigenvalue weighted by Gasteiger charge is 2.53. The zero-order valence-corrected chi connectivity index (χ0v) is 43.2. The van der Waals surface area contributed by atoms with Gasteiger partial charge in [0.25, 0.3) is 6.71 Å². The molecule has 0 N–H and O–H groups in total. The third-order valence-corrected chi connectivity index (χ3v) is 17.7. The molecule has 0 saturated heterocycles. The summed E-state index contributed by atoms with van der Waals surface area (Å²) in [5.41, 5.74) is 27.2. The zero-order valence-electron chi connectivity index (χ0n) is 42.4. The molecular weight excluding hydrogens is 888 g/mol. The van der Waals surface area contributed by atoms with Crippen molar-refractivity contribution < 1.29 is 0 Å². The van der Waals surface area contributed by atoms with Crippen LogP contribution in [0.1, 0.15) is 100 Å². The third kappa shape index (κ3) is 5.90. The molecule has 4 heteroatoms. The molecule has 10 aromatic rings. The fraction of sp³-hybridized carbons (Fsp3) is 0.176. The molecule has 0 unspecified atom stereocenters. The van der Waals surface area contributed by atoms with Crippen molar-refractivity contribution >= 4 is 78.0 Å². The van der Waals surface area contributed by atoms with Crippen molar-refractivity contribution in [3.05, 3.63) is 233 Å². The summed E-state index contributed by atoms with van der Waals surface area (Å²) in [5, 5.41) is 1.31. The fourth-order valence-corrected chi connectivity index (χ4v) is 14.7. The number of nitrogens with zero attached hydrogens (tertiary/aromatic N) is 2. The number of hydrogen-bond acceptors (Lipinski definition) is 3. The summed E-state index contributed by atoms with van der Waals surface area (Å²) in [7, 11) is 0. The molecule has 2 aliphatic heterocycles. The molecule has 72 heavy (non-hydrogen) atoms. The van der Waals surface area contributed by atoms with Gasteiger partial charge in [0.05, 0.1) is 11.1 Å². The van der Waals surface area contributed by atoms with Crippen molar-refractivity contribution in [1.82, 2.24) is 0 Å². The average molecular weight is 945 g/mol. The number of fused-ring (bicyclic) bond motifs is 16. The van der Waals surface area contributed by atoms with Crippen LogP contribution in [0.25, 0.3) is 43.5 Å². The van der Waals surface area contributed by atoms with Crippen LogP contribution < -0.4 is 25.5 Å². The van der Waals surface area contributed by atoms with E-state index in [1.165, 1.54) is 127 Å². The number of hydrogen-bond donors (Lipinski definition) is 0. The second-order valence-electron chi connectivity index (χ2n) is 23.0. The SMILES string of the molecule is CC(C)c1ccc2c(c1)C1(c3ccccc3-c3ccccc31)c1cc3sc4c(c3cc1-2)N(c1ccccc1)c1cccc2c1B4c1ccc(-c3c(C(C)(C)C)cccc3C(C)(C)C)cc1N2c1ccccc1. The minimum absolute atomic E-state index is 0.00476. The highest BCUT2D eigenvalue weighted by molar-refractivity contribution is 7.33. The van der Waals surface area contributed by atoms with Gasteiger partial charge >= 0.3 is 0 Å². The van der Waals surface area contributed by atoms with Crippen molar-refractivity contribution in [3.63, 3.8) is 0 Å². The fourth-order valence-electron chi connectivity index (χ4n) is 13.4. The van der Waals surface area contributed by atoms with Gasteiger partial charge in [-0.3, -0.25) is 0 Å². The third-order valence-electron chi connectivity index (χ3n) is 16.5. The van der Waals surface area contributed by atoms with Crippen LogP contribution in [0.3, 0.4) is 0 Å². The predicted molar refractivity (Wildman–Crippen MR) is 309 cm³/mol. The maximum absolute atomic E-state index is 2.62. The van der Waals surface area contributed by atoms with Crippen LogP contribution in [0.5, 0.6) is 0 Å². The highest BCUT2D eigenvalue weighted by atomic mass is 32.1.